The molecular formula is C9H5BrO3S. The molecule has 1 aromatic carbocycles. The Bertz CT molecular complexity index is 518. The van der Waals surface area contributed by atoms with Crippen LogP contribution in [0.1, 0.15) is 10.4 Å². The number of phenols is 1. The summed E-state index contributed by atoms with van der Waals surface area (Å²) < 4.78 is 1.27. The molecule has 0 bridgehead atoms. The van der Waals surface area contributed by atoms with Gasteiger partial charge in [-0.05, 0) is 12.1 Å². The molecule has 0 unspecified atom stereocenters. The number of benzene rings is 1. The number of carboxylic acid groups (broad SMARTS) is 1. The van der Waals surface area contributed by atoms with E-state index in [0.29, 0.717) is 14.6 Å². The zero-order valence-electron chi connectivity index (χ0n) is 6.82. The summed E-state index contributed by atoms with van der Waals surface area (Å²) in [4.78, 5) is 10.8. The van der Waals surface area contributed by atoms with Gasteiger partial charge in [-0.1, -0.05) is 15.9 Å². The third-order valence-electron chi connectivity index (χ3n) is 1.85. The summed E-state index contributed by atoms with van der Waals surface area (Å²) in [5.41, 5.74) is 0.224. The zero-order chi connectivity index (χ0) is 10.3. The van der Waals surface area contributed by atoms with Gasteiger partial charge in [-0.3, -0.25) is 0 Å². The lowest BCUT2D eigenvalue weighted by molar-refractivity contribution is 0.0699. The van der Waals surface area contributed by atoms with E-state index >= 15 is 0 Å². The van der Waals surface area contributed by atoms with Crippen molar-refractivity contribution in [2.45, 2.75) is 0 Å². The van der Waals surface area contributed by atoms with Crippen molar-refractivity contribution in [2.24, 2.45) is 0 Å². The molecule has 0 atom stereocenters. The van der Waals surface area contributed by atoms with E-state index in [-0.39, 0.29) is 11.3 Å². The van der Waals surface area contributed by atoms with Crippen molar-refractivity contribution in [2.75, 3.05) is 0 Å². The Hall–Kier alpha value is -1.07. The van der Waals surface area contributed by atoms with Gasteiger partial charge >= 0.3 is 5.97 Å². The summed E-state index contributed by atoms with van der Waals surface area (Å²) >= 11 is 4.43. The summed E-state index contributed by atoms with van der Waals surface area (Å²) in [5, 5.41) is 20.5. The van der Waals surface area contributed by atoms with E-state index in [9.17, 15) is 9.90 Å². The Morgan fingerprint density at radius 1 is 1.43 bits per heavy atom. The van der Waals surface area contributed by atoms with E-state index in [4.69, 9.17) is 5.11 Å². The minimum atomic E-state index is -0.978. The SMILES string of the molecule is O=C(O)c1csc2c(O)cc(Br)cc12. The molecule has 0 saturated carbocycles. The number of fused-ring (bicyclic) bond motifs is 1. The molecule has 1 heterocycles. The lowest BCUT2D eigenvalue weighted by Gasteiger charge is -1.97. The van der Waals surface area contributed by atoms with Gasteiger partial charge in [-0.15, -0.1) is 11.3 Å². The molecule has 0 fully saturated rings. The molecule has 2 N–H and O–H groups in total. The molecule has 1 aromatic heterocycles. The van der Waals surface area contributed by atoms with Gasteiger partial charge in [-0.25, -0.2) is 4.79 Å². The second kappa shape index (κ2) is 3.25. The molecule has 3 nitrogen and oxygen atoms in total. The van der Waals surface area contributed by atoms with Gasteiger partial charge in [-0.2, -0.15) is 0 Å². The maximum atomic E-state index is 10.8. The number of hydrogen-bond donors (Lipinski definition) is 2. The Kier molecular flexibility index (Phi) is 2.20. The number of carboxylic acids is 1. The van der Waals surface area contributed by atoms with Crippen LogP contribution in [0, 0.1) is 0 Å². The fourth-order valence-electron chi connectivity index (χ4n) is 1.25. The summed E-state index contributed by atoms with van der Waals surface area (Å²) in [7, 11) is 0. The largest absolute Gasteiger partial charge is 0.506 e. The molecule has 0 radical (unpaired) electrons. The van der Waals surface area contributed by atoms with Gasteiger partial charge in [0.05, 0.1) is 10.3 Å². The second-order valence-corrected chi connectivity index (χ2v) is 4.55. The Morgan fingerprint density at radius 2 is 2.14 bits per heavy atom. The summed E-state index contributed by atoms with van der Waals surface area (Å²) in [5.74, 6) is -0.874. The minimum absolute atomic E-state index is 0.104. The highest BCUT2D eigenvalue weighted by Gasteiger charge is 2.13. The normalized spacial score (nSPS) is 10.6. The fourth-order valence-corrected chi connectivity index (χ4v) is 2.63. The van der Waals surface area contributed by atoms with Crippen molar-refractivity contribution in [1.82, 2.24) is 0 Å². The van der Waals surface area contributed by atoms with Crippen LogP contribution >= 0.6 is 27.3 Å². The topological polar surface area (TPSA) is 57.5 Å². The molecule has 14 heavy (non-hydrogen) atoms. The van der Waals surface area contributed by atoms with Crippen molar-refractivity contribution in [3.8, 4) is 5.75 Å². The van der Waals surface area contributed by atoms with Crippen LogP contribution in [0.25, 0.3) is 10.1 Å². The summed E-state index contributed by atoms with van der Waals surface area (Å²) in [6, 6.07) is 3.24. The van der Waals surface area contributed by atoms with Crippen molar-refractivity contribution in [3.05, 3.63) is 27.5 Å². The molecule has 5 heteroatoms. The first-order valence-corrected chi connectivity index (χ1v) is 5.40. The summed E-state index contributed by atoms with van der Waals surface area (Å²) in [6.45, 7) is 0. The fraction of sp³-hybridized carbons (Fsp3) is 0. The Labute approximate surface area is 91.7 Å². The number of rotatable bonds is 1. The quantitative estimate of drug-likeness (QED) is 0.839. The van der Waals surface area contributed by atoms with Crippen LogP contribution in [0.3, 0.4) is 0 Å². The van der Waals surface area contributed by atoms with Crippen molar-refractivity contribution in [1.29, 1.82) is 0 Å². The molecule has 0 aliphatic rings. The predicted octanol–water partition coefficient (Wildman–Crippen LogP) is 3.07. The molecule has 0 aliphatic carbocycles. The average molecular weight is 273 g/mol. The van der Waals surface area contributed by atoms with Crippen LogP contribution in [0.5, 0.6) is 5.75 Å². The maximum absolute atomic E-state index is 10.8. The van der Waals surface area contributed by atoms with E-state index in [1.54, 1.807) is 12.1 Å². The van der Waals surface area contributed by atoms with E-state index in [1.165, 1.54) is 16.7 Å². The lowest BCUT2D eigenvalue weighted by atomic mass is 10.2. The third-order valence-corrected chi connectivity index (χ3v) is 3.33. The Balaban J connectivity index is 2.85. The van der Waals surface area contributed by atoms with Crippen LogP contribution in [0.2, 0.25) is 0 Å². The van der Waals surface area contributed by atoms with Crippen molar-refractivity contribution >= 4 is 43.3 Å². The molecule has 2 aromatic rings. The highest BCUT2D eigenvalue weighted by molar-refractivity contribution is 9.10. The maximum Gasteiger partial charge on any atom is 0.337 e. The highest BCUT2D eigenvalue weighted by Crippen LogP contribution is 2.35. The molecule has 0 saturated heterocycles. The van der Waals surface area contributed by atoms with Gasteiger partial charge in [0.25, 0.3) is 0 Å². The number of carbonyl (C=O) groups is 1. The van der Waals surface area contributed by atoms with Crippen LogP contribution in [-0.4, -0.2) is 16.2 Å². The lowest BCUT2D eigenvalue weighted by Crippen LogP contribution is -1.93. The first-order valence-electron chi connectivity index (χ1n) is 3.72. The molecule has 0 spiro atoms. The first-order chi connectivity index (χ1) is 6.59. The molecular weight excluding hydrogens is 268 g/mol. The Morgan fingerprint density at radius 3 is 2.79 bits per heavy atom. The van der Waals surface area contributed by atoms with E-state index in [2.05, 4.69) is 15.9 Å². The summed E-state index contributed by atoms with van der Waals surface area (Å²) in [6.07, 6.45) is 0. The van der Waals surface area contributed by atoms with Crippen molar-refractivity contribution < 1.29 is 15.0 Å². The van der Waals surface area contributed by atoms with Gasteiger partial charge in [0.1, 0.15) is 5.75 Å². The smallest absolute Gasteiger partial charge is 0.337 e. The van der Waals surface area contributed by atoms with E-state index < -0.39 is 5.97 Å². The third kappa shape index (κ3) is 1.38. The van der Waals surface area contributed by atoms with Crippen molar-refractivity contribution in [3.63, 3.8) is 0 Å². The van der Waals surface area contributed by atoms with Crippen LogP contribution in [-0.2, 0) is 0 Å². The van der Waals surface area contributed by atoms with Crippen LogP contribution in [0.4, 0.5) is 0 Å². The second-order valence-electron chi connectivity index (χ2n) is 2.76. The van der Waals surface area contributed by atoms with Crippen LogP contribution < -0.4 is 0 Å². The number of phenolic OH excluding ortho intramolecular Hbond substituents is 1. The average Bonchev–Trinajstić information content (AvgIpc) is 2.47. The minimum Gasteiger partial charge on any atom is -0.506 e. The number of hydrogen-bond acceptors (Lipinski definition) is 3. The van der Waals surface area contributed by atoms with Crippen LogP contribution in [0.15, 0.2) is 22.0 Å². The standard InChI is InChI=1S/C9H5BrO3S/c10-4-1-5-6(9(12)13)3-14-8(5)7(11)2-4/h1-3,11H,(H,12,13). The van der Waals surface area contributed by atoms with Gasteiger partial charge in [0.2, 0.25) is 0 Å². The van der Waals surface area contributed by atoms with E-state index in [0.717, 1.165) is 0 Å². The molecule has 2 rings (SSSR count). The van der Waals surface area contributed by atoms with Gasteiger partial charge < -0.3 is 10.2 Å². The number of thiophene rings is 1. The van der Waals surface area contributed by atoms with Gasteiger partial charge in [0, 0.05) is 15.2 Å². The number of halogens is 1. The van der Waals surface area contributed by atoms with Gasteiger partial charge in [0.15, 0.2) is 0 Å². The monoisotopic (exact) mass is 272 g/mol. The molecule has 0 amide bonds. The first kappa shape index (κ1) is 9.48. The number of aromatic carboxylic acids is 1. The molecule has 0 aliphatic heterocycles. The highest BCUT2D eigenvalue weighted by atomic mass is 79.9. The molecule has 72 valence electrons. The predicted molar refractivity (Wildman–Crippen MR) is 58.1 cm³/mol. The number of aromatic hydroxyl groups is 1. The van der Waals surface area contributed by atoms with E-state index in [1.807, 2.05) is 0 Å². The zero-order valence-corrected chi connectivity index (χ0v) is 9.22.